The maximum Gasteiger partial charge on any atom is 0.434 e. The van der Waals surface area contributed by atoms with Crippen LogP contribution in [0.3, 0.4) is 0 Å². The fourth-order valence-corrected chi connectivity index (χ4v) is 3.37. The van der Waals surface area contributed by atoms with Crippen molar-refractivity contribution in [3.8, 4) is 29.0 Å². The van der Waals surface area contributed by atoms with Crippen LogP contribution in [-0.4, -0.2) is 54.1 Å². The predicted molar refractivity (Wildman–Crippen MR) is 128 cm³/mol. The lowest BCUT2D eigenvalue weighted by atomic mass is 10.1. The first-order valence-electron chi connectivity index (χ1n) is 9.98. The quantitative estimate of drug-likeness (QED) is 0.335. The molecule has 3 rings (SSSR count). The first-order chi connectivity index (χ1) is 16.9. The molecule has 0 aliphatic heterocycles. The third-order valence-corrected chi connectivity index (χ3v) is 5.12. The molecule has 0 saturated heterocycles. The zero-order chi connectivity index (χ0) is 25.4. The number of carbonyl (C=O) groups is 1. The molecule has 0 saturated carbocycles. The summed E-state index contributed by atoms with van der Waals surface area (Å²) >= 11 is 1.07. The van der Waals surface area contributed by atoms with Gasteiger partial charge in [0.1, 0.15) is 22.6 Å². The summed E-state index contributed by atoms with van der Waals surface area (Å²) in [6.07, 6.45) is 0.776. The number of aryl methyl sites for hydroxylation is 1. The van der Waals surface area contributed by atoms with Crippen LogP contribution in [0.15, 0.2) is 50.9 Å². The maximum absolute atomic E-state index is 15.5. The van der Waals surface area contributed by atoms with Gasteiger partial charge in [-0.1, -0.05) is 5.16 Å². The molecule has 0 unspecified atom stereocenters. The molecule has 0 aliphatic carbocycles. The Hall–Kier alpha value is -4.24. The molecule has 0 atom stereocenters. The van der Waals surface area contributed by atoms with Crippen LogP contribution in [0.4, 0.5) is 14.9 Å². The highest BCUT2D eigenvalue weighted by Crippen LogP contribution is 2.31. The number of nitrogens with zero attached hydrogens (tertiary/aromatic N) is 5. The van der Waals surface area contributed by atoms with Crippen LogP contribution in [0, 0.1) is 24.1 Å². The molecule has 3 aromatic rings. The van der Waals surface area contributed by atoms with Crippen molar-refractivity contribution in [2.24, 2.45) is 9.98 Å². The number of methoxy groups -OCH3 is 2. The molecule has 0 aliphatic rings. The van der Waals surface area contributed by atoms with Crippen molar-refractivity contribution in [3.63, 3.8) is 0 Å². The molecule has 0 bridgehead atoms. The molecular formula is C23H20FN5O5S. The summed E-state index contributed by atoms with van der Waals surface area (Å²) in [6, 6.07) is 11.3. The van der Waals surface area contributed by atoms with Gasteiger partial charge in [-0.15, -0.1) is 11.8 Å². The average Bonchev–Trinajstić information content (AvgIpc) is 3.32. The lowest BCUT2D eigenvalue weighted by molar-refractivity contribution is 0.183. The van der Waals surface area contributed by atoms with E-state index in [1.165, 1.54) is 26.4 Å². The van der Waals surface area contributed by atoms with E-state index in [0.29, 0.717) is 23.0 Å². The van der Waals surface area contributed by atoms with Gasteiger partial charge in [0, 0.05) is 24.1 Å². The van der Waals surface area contributed by atoms with Gasteiger partial charge in [0.05, 0.1) is 19.9 Å². The van der Waals surface area contributed by atoms with Gasteiger partial charge in [-0.3, -0.25) is 0 Å². The van der Waals surface area contributed by atoms with Crippen molar-refractivity contribution in [1.82, 2.24) is 10.1 Å². The van der Waals surface area contributed by atoms with E-state index in [2.05, 4.69) is 24.9 Å². The number of halogens is 1. The highest BCUT2D eigenvalue weighted by Gasteiger charge is 2.22. The highest BCUT2D eigenvalue weighted by atomic mass is 32.2. The van der Waals surface area contributed by atoms with Crippen LogP contribution in [0.2, 0.25) is 0 Å². The predicted octanol–water partition coefficient (Wildman–Crippen LogP) is 4.74. The Balaban J connectivity index is 2.17. The lowest BCUT2D eigenvalue weighted by Gasteiger charge is -2.14. The van der Waals surface area contributed by atoms with E-state index in [0.717, 1.165) is 11.8 Å². The number of aliphatic imine (C=N–C) groups is 2. The minimum absolute atomic E-state index is 0.0317. The summed E-state index contributed by atoms with van der Waals surface area (Å²) in [7, 11) is 2.58. The van der Waals surface area contributed by atoms with Gasteiger partial charge in [0.15, 0.2) is 18.2 Å². The third kappa shape index (κ3) is 6.21. The summed E-state index contributed by atoms with van der Waals surface area (Å²) in [6.45, 7) is 1.31. The molecule has 10 nitrogen and oxygen atoms in total. The molecule has 35 heavy (non-hydrogen) atoms. The number of thioether (sulfide) groups is 1. The fourth-order valence-electron chi connectivity index (χ4n) is 2.86. The average molecular weight is 498 g/mol. The summed E-state index contributed by atoms with van der Waals surface area (Å²) in [5.74, 6) is 0.0769. The van der Waals surface area contributed by atoms with E-state index in [4.69, 9.17) is 19.3 Å². The Bertz CT molecular complexity index is 1310. The number of rotatable bonds is 7. The minimum atomic E-state index is -0.880. The molecule has 0 N–H and O–H groups in total. The second-order valence-electron chi connectivity index (χ2n) is 6.67. The Kier molecular flexibility index (Phi) is 8.53. The molecule has 1 amide bonds. The molecule has 2 aromatic carbocycles. The molecule has 12 heteroatoms. The van der Waals surface area contributed by atoms with Crippen LogP contribution in [0.5, 0.6) is 11.5 Å². The van der Waals surface area contributed by atoms with Crippen LogP contribution >= 0.6 is 11.8 Å². The van der Waals surface area contributed by atoms with Crippen LogP contribution in [0.1, 0.15) is 11.5 Å². The summed E-state index contributed by atoms with van der Waals surface area (Å²) in [5, 5.41) is 12.8. The minimum Gasteiger partial charge on any atom is -0.497 e. The number of hydrogen-bond acceptors (Lipinski definition) is 10. The second kappa shape index (κ2) is 11.8. The van der Waals surface area contributed by atoms with Gasteiger partial charge in [-0.25, -0.2) is 14.2 Å². The number of nitriles is 1. The van der Waals surface area contributed by atoms with E-state index in [9.17, 15) is 4.79 Å². The Labute approximate surface area is 204 Å². The zero-order valence-electron chi connectivity index (χ0n) is 19.2. The van der Waals surface area contributed by atoms with E-state index in [-0.39, 0.29) is 34.4 Å². The summed E-state index contributed by atoms with van der Waals surface area (Å²) < 4.78 is 35.6. The lowest BCUT2D eigenvalue weighted by Crippen LogP contribution is -2.17. The van der Waals surface area contributed by atoms with E-state index in [1.807, 2.05) is 0 Å². The fraction of sp³-hybridized carbons (Fsp3) is 0.217. The van der Waals surface area contributed by atoms with Crippen molar-refractivity contribution in [2.75, 3.05) is 27.1 Å². The van der Waals surface area contributed by atoms with Crippen molar-refractivity contribution in [1.29, 1.82) is 5.26 Å². The molecule has 1 heterocycles. The molecule has 0 spiro atoms. The number of aromatic nitrogens is 2. The monoisotopic (exact) mass is 497 g/mol. The van der Waals surface area contributed by atoms with Crippen LogP contribution in [-0.2, 0) is 4.74 Å². The first kappa shape index (κ1) is 25.4. The van der Waals surface area contributed by atoms with Crippen molar-refractivity contribution in [3.05, 3.63) is 53.7 Å². The number of benzene rings is 2. The summed E-state index contributed by atoms with van der Waals surface area (Å²) in [4.78, 5) is 24.5. The Morgan fingerprint density at radius 2 is 2.00 bits per heavy atom. The Morgan fingerprint density at radius 1 is 1.26 bits per heavy atom. The number of hydrogen-bond donors (Lipinski definition) is 0. The molecule has 0 fully saturated rings. The molecule has 1 aromatic heterocycles. The van der Waals surface area contributed by atoms with Crippen molar-refractivity contribution < 1.29 is 27.9 Å². The van der Waals surface area contributed by atoms with E-state index < -0.39 is 11.9 Å². The topological polar surface area (TPSA) is 132 Å². The number of amides is 1. The normalized spacial score (nSPS) is 11.7. The van der Waals surface area contributed by atoms with Gasteiger partial charge < -0.3 is 18.7 Å². The number of carbonyl (C=O) groups excluding carboxylic acids is 1. The highest BCUT2D eigenvalue weighted by molar-refractivity contribution is 8.15. The second-order valence-corrected chi connectivity index (χ2v) is 7.46. The SMILES string of the molecule is COC(=O)/N=C(SC)/C(=N\c1ccc(-c2noc(C)n2)cc1)c1cc(OC)cc(OCC#N)c1F. The molecular weight excluding hydrogens is 477 g/mol. The summed E-state index contributed by atoms with van der Waals surface area (Å²) in [5.41, 5.74) is 1.10. The van der Waals surface area contributed by atoms with Crippen LogP contribution < -0.4 is 9.47 Å². The first-order valence-corrected chi connectivity index (χ1v) is 11.2. The molecule has 180 valence electrons. The number of ether oxygens (including phenoxy) is 3. The van der Waals surface area contributed by atoms with Gasteiger partial charge in [-0.2, -0.15) is 15.2 Å². The van der Waals surface area contributed by atoms with Crippen molar-refractivity contribution >= 4 is 34.3 Å². The maximum atomic E-state index is 15.5. The zero-order valence-corrected chi connectivity index (χ0v) is 20.1. The van der Waals surface area contributed by atoms with Gasteiger partial charge >= 0.3 is 6.09 Å². The van der Waals surface area contributed by atoms with Gasteiger partial charge in [-0.05, 0) is 36.6 Å². The smallest absolute Gasteiger partial charge is 0.434 e. The van der Waals surface area contributed by atoms with Crippen molar-refractivity contribution in [2.45, 2.75) is 6.92 Å². The molecule has 0 radical (unpaired) electrons. The standard InChI is InChI=1S/C23H20FN5O5S/c1-13-26-21(29-34-13)14-5-7-15(8-6-14)27-20(22(35-4)28-23(30)32-3)17-11-16(31-2)12-18(19(17)24)33-10-9-25/h5-8,11-12H,10H2,1-4H3/b27-20-,28-22-. The Morgan fingerprint density at radius 3 is 2.57 bits per heavy atom. The van der Waals surface area contributed by atoms with Gasteiger partial charge in [0.2, 0.25) is 11.7 Å². The van der Waals surface area contributed by atoms with E-state index >= 15 is 4.39 Å². The largest absolute Gasteiger partial charge is 0.497 e. The van der Waals surface area contributed by atoms with E-state index in [1.54, 1.807) is 43.5 Å². The third-order valence-electron chi connectivity index (χ3n) is 4.45. The van der Waals surface area contributed by atoms with Gasteiger partial charge in [0.25, 0.3) is 0 Å². The van der Waals surface area contributed by atoms with Crippen LogP contribution in [0.25, 0.3) is 11.4 Å².